The summed E-state index contributed by atoms with van der Waals surface area (Å²) >= 11 is 0. The Hall–Kier alpha value is -4.42. The first-order valence-electron chi connectivity index (χ1n) is 10.6. The van der Waals surface area contributed by atoms with Gasteiger partial charge >= 0.3 is 0 Å². The van der Waals surface area contributed by atoms with Crippen LogP contribution in [0, 0.1) is 23.7 Å². The molecule has 0 saturated heterocycles. The van der Waals surface area contributed by atoms with E-state index >= 15 is 0 Å². The number of benzene rings is 3. The summed E-state index contributed by atoms with van der Waals surface area (Å²) in [5, 5.41) is 0. The molecule has 4 rings (SSSR count). The van der Waals surface area contributed by atoms with Crippen molar-refractivity contribution in [1.82, 2.24) is 0 Å². The lowest BCUT2D eigenvalue weighted by Gasteiger charge is -2.19. The molecule has 0 spiro atoms. The number of ether oxygens (including phenoxy) is 6. The molecule has 1 aliphatic rings. The van der Waals surface area contributed by atoms with Crippen LogP contribution in [0.4, 0.5) is 0 Å². The molecule has 172 valence electrons. The summed E-state index contributed by atoms with van der Waals surface area (Å²) < 4.78 is 32.9. The van der Waals surface area contributed by atoms with E-state index in [2.05, 4.69) is 23.7 Å². The molecule has 6 nitrogen and oxygen atoms in total. The van der Waals surface area contributed by atoms with Crippen LogP contribution in [0.5, 0.6) is 34.5 Å². The van der Waals surface area contributed by atoms with Crippen LogP contribution >= 0.6 is 0 Å². The maximum Gasteiger partial charge on any atom is 0.162 e. The third-order valence-corrected chi connectivity index (χ3v) is 5.10. The van der Waals surface area contributed by atoms with Crippen molar-refractivity contribution in [2.75, 3.05) is 41.7 Å². The van der Waals surface area contributed by atoms with Crippen molar-refractivity contribution in [3.63, 3.8) is 0 Å². The first kappa shape index (κ1) is 22.8. The molecule has 6 heteroatoms. The molecule has 0 N–H and O–H groups in total. The van der Waals surface area contributed by atoms with Gasteiger partial charge in [0, 0.05) is 40.5 Å². The molecule has 3 aromatic carbocycles. The standard InChI is InChI=1S/C28H24O6/c1-29-23-13-20(14-24(18-23)30-2)6-9-22-17-28-27(33-11-12-34-28)16-21(22)8-5-19-7-10-25(31-3)26(15-19)32-4/h7,10,13-18H,11-12H2,1-4H3. The minimum atomic E-state index is 0.490. The highest BCUT2D eigenvalue weighted by Crippen LogP contribution is 2.33. The highest BCUT2D eigenvalue weighted by molar-refractivity contribution is 5.62. The number of hydrogen-bond donors (Lipinski definition) is 0. The molecule has 1 aliphatic heterocycles. The van der Waals surface area contributed by atoms with Gasteiger partial charge in [-0.05, 0) is 30.3 Å². The van der Waals surface area contributed by atoms with E-state index in [1.807, 2.05) is 42.5 Å². The van der Waals surface area contributed by atoms with Gasteiger partial charge in [0.2, 0.25) is 0 Å². The van der Waals surface area contributed by atoms with E-state index in [1.165, 1.54) is 0 Å². The van der Waals surface area contributed by atoms with Crippen molar-refractivity contribution >= 4 is 0 Å². The Morgan fingerprint density at radius 1 is 0.559 bits per heavy atom. The molecule has 0 fully saturated rings. The van der Waals surface area contributed by atoms with E-state index in [-0.39, 0.29) is 0 Å². The lowest BCUT2D eigenvalue weighted by atomic mass is 10.0. The van der Waals surface area contributed by atoms with Crippen LogP contribution in [0.15, 0.2) is 48.5 Å². The summed E-state index contributed by atoms with van der Waals surface area (Å²) in [5.74, 6) is 16.7. The second-order valence-electron chi connectivity index (χ2n) is 7.21. The van der Waals surface area contributed by atoms with Gasteiger partial charge in [-0.1, -0.05) is 23.7 Å². The van der Waals surface area contributed by atoms with Crippen LogP contribution in [-0.2, 0) is 0 Å². The Bertz CT molecular complexity index is 1300. The maximum atomic E-state index is 5.75. The lowest BCUT2D eigenvalue weighted by molar-refractivity contribution is 0.171. The van der Waals surface area contributed by atoms with Crippen LogP contribution in [0.1, 0.15) is 22.3 Å². The van der Waals surface area contributed by atoms with Gasteiger partial charge < -0.3 is 28.4 Å². The first-order chi connectivity index (χ1) is 16.6. The van der Waals surface area contributed by atoms with Gasteiger partial charge in [-0.15, -0.1) is 0 Å². The molecule has 0 bridgehead atoms. The van der Waals surface area contributed by atoms with E-state index in [0.29, 0.717) is 47.7 Å². The molecule has 0 atom stereocenters. The van der Waals surface area contributed by atoms with E-state index in [4.69, 9.17) is 28.4 Å². The summed E-state index contributed by atoms with van der Waals surface area (Å²) in [7, 11) is 6.40. The van der Waals surface area contributed by atoms with Gasteiger partial charge in [0.15, 0.2) is 23.0 Å². The number of fused-ring (bicyclic) bond motifs is 1. The highest BCUT2D eigenvalue weighted by atomic mass is 16.6. The minimum Gasteiger partial charge on any atom is -0.497 e. The van der Waals surface area contributed by atoms with Crippen LogP contribution in [0.25, 0.3) is 0 Å². The van der Waals surface area contributed by atoms with Gasteiger partial charge in [-0.2, -0.15) is 0 Å². The fourth-order valence-corrected chi connectivity index (χ4v) is 3.37. The third-order valence-electron chi connectivity index (χ3n) is 5.10. The van der Waals surface area contributed by atoms with Crippen molar-refractivity contribution in [3.05, 3.63) is 70.8 Å². The first-order valence-corrected chi connectivity index (χ1v) is 10.6. The van der Waals surface area contributed by atoms with Gasteiger partial charge in [-0.3, -0.25) is 0 Å². The van der Waals surface area contributed by atoms with Gasteiger partial charge in [0.1, 0.15) is 24.7 Å². The second-order valence-corrected chi connectivity index (χ2v) is 7.21. The minimum absolute atomic E-state index is 0.490. The van der Waals surface area contributed by atoms with Gasteiger partial charge in [-0.25, -0.2) is 0 Å². The fourth-order valence-electron chi connectivity index (χ4n) is 3.37. The molecular weight excluding hydrogens is 432 g/mol. The van der Waals surface area contributed by atoms with Crippen LogP contribution in [0.3, 0.4) is 0 Å². The molecule has 3 aromatic rings. The highest BCUT2D eigenvalue weighted by Gasteiger charge is 2.14. The summed E-state index contributed by atoms with van der Waals surface area (Å²) in [5.41, 5.74) is 2.98. The Kier molecular flexibility index (Phi) is 7.01. The van der Waals surface area contributed by atoms with Crippen molar-refractivity contribution in [2.45, 2.75) is 0 Å². The Morgan fingerprint density at radius 2 is 1.12 bits per heavy atom. The number of methoxy groups -OCH3 is 4. The Balaban J connectivity index is 1.75. The maximum absolute atomic E-state index is 5.75. The Labute approximate surface area is 199 Å². The van der Waals surface area contributed by atoms with E-state index < -0.39 is 0 Å². The van der Waals surface area contributed by atoms with Crippen molar-refractivity contribution in [1.29, 1.82) is 0 Å². The summed E-state index contributed by atoms with van der Waals surface area (Å²) in [6, 6.07) is 14.7. The predicted octanol–water partition coefficient (Wildman–Crippen LogP) is 4.29. The molecule has 0 unspecified atom stereocenters. The quantitative estimate of drug-likeness (QED) is 0.546. The summed E-state index contributed by atoms with van der Waals surface area (Å²) in [4.78, 5) is 0. The molecule has 34 heavy (non-hydrogen) atoms. The average molecular weight is 456 g/mol. The van der Waals surface area contributed by atoms with E-state index in [0.717, 1.165) is 22.3 Å². The van der Waals surface area contributed by atoms with Crippen LogP contribution in [-0.4, -0.2) is 41.7 Å². The average Bonchev–Trinajstić information content (AvgIpc) is 2.89. The van der Waals surface area contributed by atoms with Crippen LogP contribution < -0.4 is 28.4 Å². The van der Waals surface area contributed by atoms with Crippen molar-refractivity contribution in [2.24, 2.45) is 0 Å². The third kappa shape index (κ3) is 5.14. The summed E-state index contributed by atoms with van der Waals surface area (Å²) in [6.45, 7) is 0.980. The molecule has 0 aliphatic carbocycles. The Morgan fingerprint density at radius 3 is 1.65 bits per heavy atom. The molecular formula is C28H24O6. The number of rotatable bonds is 4. The molecule has 0 radical (unpaired) electrons. The molecule has 0 amide bonds. The molecule has 1 heterocycles. The zero-order valence-electron chi connectivity index (χ0n) is 19.5. The van der Waals surface area contributed by atoms with Crippen LogP contribution in [0.2, 0.25) is 0 Å². The van der Waals surface area contributed by atoms with E-state index in [1.54, 1.807) is 34.5 Å². The zero-order valence-corrected chi connectivity index (χ0v) is 19.5. The number of hydrogen-bond acceptors (Lipinski definition) is 6. The molecule has 0 aromatic heterocycles. The lowest BCUT2D eigenvalue weighted by Crippen LogP contribution is -2.15. The monoisotopic (exact) mass is 456 g/mol. The topological polar surface area (TPSA) is 55.4 Å². The smallest absolute Gasteiger partial charge is 0.162 e. The predicted molar refractivity (Wildman–Crippen MR) is 128 cm³/mol. The molecule has 0 saturated carbocycles. The second kappa shape index (κ2) is 10.5. The van der Waals surface area contributed by atoms with Crippen molar-refractivity contribution < 1.29 is 28.4 Å². The summed E-state index contributed by atoms with van der Waals surface area (Å²) in [6.07, 6.45) is 0. The fraction of sp³-hybridized carbons (Fsp3) is 0.214. The SMILES string of the molecule is COc1cc(C#Cc2cc3c(cc2C#Cc2ccc(OC)c(OC)c2)OCCO3)cc(OC)c1. The van der Waals surface area contributed by atoms with Gasteiger partial charge in [0.25, 0.3) is 0 Å². The normalized spacial score (nSPS) is 11.3. The largest absolute Gasteiger partial charge is 0.497 e. The zero-order chi connectivity index (χ0) is 23.9. The van der Waals surface area contributed by atoms with Gasteiger partial charge in [0.05, 0.1) is 28.4 Å². The van der Waals surface area contributed by atoms with Crippen molar-refractivity contribution in [3.8, 4) is 58.2 Å². The van der Waals surface area contributed by atoms with E-state index in [9.17, 15) is 0 Å².